The van der Waals surface area contributed by atoms with Gasteiger partial charge in [-0.3, -0.25) is 19.6 Å². The summed E-state index contributed by atoms with van der Waals surface area (Å²) < 4.78 is 27.3. The van der Waals surface area contributed by atoms with E-state index in [0.29, 0.717) is 6.54 Å². The van der Waals surface area contributed by atoms with Crippen molar-refractivity contribution in [2.24, 2.45) is 0 Å². The third-order valence-electron chi connectivity index (χ3n) is 3.31. The number of nitro benzene ring substituents is 1. The lowest BCUT2D eigenvalue weighted by Crippen LogP contribution is -2.25. The number of sulfonamides is 1. The van der Waals surface area contributed by atoms with Crippen LogP contribution in [0.5, 0.6) is 0 Å². The molecule has 0 atom stereocenters. The fourth-order valence-electron chi connectivity index (χ4n) is 2.05. The molecule has 0 saturated carbocycles. The Morgan fingerprint density at radius 2 is 1.76 bits per heavy atom. The predicted octanol–water partition coefficient (Wildman–Crippen LogP) is 2.54. The molecule has 2 aromatic carbocycles. The van der Waals surface area contributed by atoms with E-state index >= 15 is 0 Å². The van der Waals surface area contributed by atoms with Crippen LogP contribution in [-0.4, -0.2) is 25.8 Å². The number of hydrogen-bond donors (Lipinski definition) is 2. The van der Waals surface area contributed by atoms with Crippen molar-refractivity contribution in [1.82, 2.24) is 5.32 Å². The second-order valence-electron chi connectivity index (χ2n) is 5.16. The zero-order valence-electron chi connectivity index (χ0n) is 13.4. The van der Waals surface area contributed by atoms with Crippen molar-refractivity contribution in [2.45, 2.75) is 18.2 Å². The van der Waals surface area contributed by atoms with Gasteiger partial charge in [0, 0.05) is 18.7 Å². The number of nitrogens with zero attached hydrogens (tertiary/aromatic N) is 1. The van der Waals surface area contributed by atoms with Crippen molar-refractivity contribution >= 4 is 27.3 Å². The Labute approximate surface area is 145 Å². The second-order valence-corrected chi connectivity index (χ2v) is 6.84. The first-order valence-corrected chi connectivity index (χ1v) is 8.98. The van der Waals surface area contributed by atoms with Crippen LogP contribution in [-0.2, 0) is 10.0 Å². The molecule has 0 heterocycles. The van der Waals surface area contributed by atoms with Gasteiger partial charge in [0.25, 0.3) is 21.6 Å². The number of para-hydroxylation sites is 1. The number of nitro groups is 1. The highest BCUT2D eigenvalue weighted by atomic mass is 32.2. The molecular weight excluding hydrogens is 346 g/mol. The number of carbonyl (C=O) groups excluding carboxylic acids is 1. The van der Waals surface area contributed by atoms with Crippen LogP contribution in [0.15, 0.2) is 53.4 Å². The van der Waals surface area contributed by atoms with Gasteiger partial charge in [-0.25, -0.2) is 8.42 Å². The summed E-state index contributed by atoms with van der Waals surface area (Å²) in [6, 6.07) is 10.7. The summed E-state index contributed by atoms with van der Waals surface area (Å²) in [6.45, 7) is 2.38. The highest BCUT2D eigenvalue weighted by Gasteiger charge is 2.19. The molecule has 0 spiro atoms. The topological polar surface area (TPSA) is 118 Å². The number of non-ortho nitro benzene ring substituents is 1. The van der Waals surface area contributed by atoms with Gasteiger partial charge in [-0.15, -0.1) is 0 Å². The maximum absolute atomic E-state index is 12.5. The maximum Gasteiger partial charge on any atom is 0.269 e. The van der Waals surface area contributed by atoms with Crippen molar-refractivity contribution in [2.75, 3.05) is 11.3 Å². The van der Waals surface area contributed by atoms with E-state index in [2.05, 4.69) is 10.0 Å². The van der Waals surface area contributed by atoms with Crippen LogP contribution in [0.25, 0.3) is 0 Å². The van der Waals surface area contributed by atoms with Crippen LogP contribution in [0.3, 0.4) is 0 Å². The monoisotopic (exact) mass is 363 g/mol. The number of rotatable bonds is 7. The van der Waals surface area contributed by atoms with Gasteiger partial charge in [-0.1, -0.05) is 19.1 Å². The van der Waals surface area contributed by atoms with Crippen molar-refractivity contribution in [1.29, 1.82) is 0 Å². The molecule has 2 rings (SSSR count). The third kappa shape index (κ3) is 4.54. The SMILES string of the molecule is CCCNC(=O)c1ccccc1NS(=O)(=O)c1ccc([N+](=O)[O-])cc1. The standard InChI is InChI=1S/C16H17N3O5S/c1-2-11-17-16(20)14-5-3-4-6-15(14)18-25(23,24)13-9-7-12(8-10-13)19(21)22/h3-10,18H,2,11H2,1H3,(H,17,20). The quantitative estimate of drug-likeness (QED) is 0.579. The lowest BCUT2D eigenvalue weighted by atomic mass is 10.1. The first-order chi connectivity index (χ1) is 11.8. The summed E-state index contributed by atoms with van der Waals surface area (Å²) >= 11 is 0. The minimum absolute atomic E-state index is 0.134. The molecular formula is C16H17N3O5S. The molecule has 0 bridgehead atoms. The minimum Gasteiger partial charge on any atom is -0.352 e. The maximum atomic E-state index is 12.5. The molecule has 132 valence electrons. The molecule has 2 aromatic rings. The molecule has 2 N–H and O–H groups in total. The average molecular weight is 363 g/mol. The predicted molar refractivity (Wildman–Crippen MR) is 93.0 cm³/mol. The van der Waals surface area contributed by atoms with Gasteiger partial charge in [0.2, 0.25) is 0 Å². The Hall–Kier alpha value is -2.94. The fraction of sp³-hybridized carbons (Fsp3) is 0.188. The number of amides is 1. The number of hydrogen-bond acceptors (Lipinski definition) is 5. The smallest absolute Gasteiger partial charge is 0.269 e. The molecule has 25 heavy (non-hydrogen) atoms. The molecule has 0 fully saturated rings. The normalized spacial score (nSPS) is 10.9. The van der Waals surface area contributed by atoms with Crippen LogP contribution in [0.4, 0.5) is 11.4 Å². The highest BCUT2D eigenvalue weighted by Crippen LogP contribution is 2.22. The van der Waals surface area contributed by atoms with Crippen LogP contribution < -0.4 is 10.0 Å². The van der Waals surface area contributed by atoms with E-state index in [4.69, 9.17) is 0 Å². The summed E-state index contributed by atoms with van der Waals surface area (Å²) in [4.78, 5) is 22.0. The molecule has 0 aromatic heterocycles. The van der Waals surface area contributed by atoms with E-state index in [1.807, 2.05) is 6.92 Å². The molecule has 8 nitrogen and oxygen atoms in total. The van der Waals surface area contributed by atoms with Crippen molar-refractivity contribution in [3.8, 4) is 0 Å². The molecule has 0 saturated heterocycles. The largest absolute Gasteiger partial charge is 0.352 e. The van der Waals surface area contributed by atoms with Gasteiger partial charge < -0.3 is 5.32 Å². The molecule has 0 aliphatic heterocycles. The van der Waals surface area contributed by atoms with Crippen LogP contribution in [0, 0.1) is 10.1 Å². The Kier molecular flexibility index (Phi) is 5.71. The number of benzene rings is 2. The number of carbonyl (C=O) groups is 1. The van der Waals surface area contributed by atoms with Gasteiger partial charge in [0.1, 0.15) is 0 Å². The van der Waals surface area contributed by atoms with Gasteiger partial charge in [0.15, 0.2) is 0 Å². The van der Waals surface area contributed by atoms with E-state index in [0.717, 1.165) is 30.7 Å². The minimum atomic E-state index is -3.98. The number of anilines is 1. The summed E-state index contributed by atoms with van der Waals surface area (Å²) in [5.74, 6) is -0.385. The highest BCUT2D eigenvalue weighted by molar-refractivity contribution is 7.92. The van der Waals surface area contributed by atoms with Crippen molar-refractivity contribution in [3.05, 3.63) is 64.2 Å². The molecule has 1 amide bonds. The Morgan fingerprint density at radius 3 is 2.36 bits per heavy atom. The van der Waals surface area contributed by atoms with Crippen LogP contribution >= 0.6 is 0 Å². The van der Waals surface area contributed by atoms with Crippen LogP contribution in [0.2, 0.25) is 0 Å². The summed E-state index contributed by atoms with van der Waals surface area (Å²) in [7, 11) is -3.98. The van der Waals surface area contributed by atoms with Crippen molar-refractivity contribution < 1.29 is 18.1 Å². The fourth-order valence-corrected chi connectivity index (χ4v) is 3.13. The molecule has 0 aliphatic carbocycles. The van der Waals surface area contributed by atoms with Gasteiger partial charge in [-0.2, -0.15) is 0 Å². The summed E-state index contributed by atoms with van der Waals surface area (Å²) in [6.07, 6.45) is 0.752. The molecule has 9 heteroatoms. The van der Waals surface area contributed by atoms with E-state index in [9.17, 15) is 23.3 Å². The lowest BCUT2D eigenvalue weighted by Gasteiger charge is -2.12. The van der Waals surface area contributed by atoms with Gasteiger partial charge >= 0.3 is 0 Å². The third-order valence-corrected chi connectivity index (χ3v) is 4.69. The van der Waals surface area contributed by atoms with Gasteiger partial charge in [0.05, 0.1) is 21.1 Å². The average Bonchev–Trinajstić information content (AvgIpc) is 2.60. The molecule has 0 unspecified atom stereocenters. The van der Waals surface area contributed by atoms with Crippen molar-refractivity contribution in [3.63, 3.8) is 0 Å². The van der Waals surface area contributed by atoms with Crippen LogP contribution in [0.1, 0.15) is 23.7 Å². The van der Waals surface area contributed by atoms with Gasteiger partial charge in [-0.05, 0) is 30.7 Å². The molecule has 0 aliphatic rings. The number of nitrogens with one attached hydrogen (secondary N) is 2. The Bertz CT molecular complexity index is 879. The second kappa shape index (κ2) is 7.75. The van der Waals surface area contributed by atoms with E-state index in [1.165, 1.54) is 12.1 Å². The first kappa shape index (κ1) is 18.4. The lowest BCUT2D eigenvalue weighted by molar-refractivity contribution is -0.384. The molecule has 0 radical (unpaired) electrons. The van der Waals surface area contributed by atoms with E-state index in [-0.39, 0.29) is 27.7 Å². The first-order valence-electron chi connectivity index (χ1n) is 7.49. The van der Waals surface area contributed by atoms with E-state index in [1.54, 1.807) is 12.1 Å². The zero-order chi connectivity index (χ0) is 18.4. The zero-order valence-corrected chi connectivity index (χ0v) is 14.2. The summed E-state index contributed by atoms with van der Waals surface area (Å²) in [5, 5.41) is 13.3. The Balaban J connectivity index is 2.29. The Morgan fingerprint density at radius 1 is 1.12 bits per heavy atom. The summed E-state index contributed by atoms with van der Waals surface area (Å²) in [5.41, 5.74) is 0.120. The van der Waals surface area contributed by atoms with E-state index < -0.39 is 14.9 Å².